The van der Waals surface area contributed by atoms with Crippen LogP contribution in [0.3, 0.4) is 0 Å². The number of carbonyl (C=O) groups is 1. The van der Waals surface area contributed by atoms with Crippen molar-refractivity contribution >= 4 is 5.91 Å². The molecule has 1 aliphatic heterocycles. The van der Waals surface area contributed by atoms with E-state index in [0.717, 1.165) is 0 Å². The van der Waals surface area contributed by atoms with Gasteiger partial charge in [0, 0.05) is 13.1 Å². The zero-order chi connectivity index (χ0) is 11.0. The van der Waals surface area contributed by atoms with E-state index in [2.05, 4.69) is 10.2 Å². The summed E-state index contributed by atoms with van der Waals surface area (Å²) in [5, 5.41) is 8.09. The van der Waals surface area contributed by atoms with E-state index in [1.165, 1.54) is 12.5 Å². The second kappa shape index (κ2) is 3.48. The summed E-state index contributed by atoms with van der Waals surface area (Å²) in [4.78, 5) is 15.2. The first-order valence-electron chi connectivity index (χ1n) is 5.02. The Morgan fingerprint density at radius 3 is 2.75 bits per heavy atom. The van der Waals surface area contributed by atoms with Crippen molar-refractivity contribution in [1.82, 2.24) is 19.9 Å². The molecule has 2 aromatic rings. The topological polar surface area (TPSA) is 64.2 Å². The predicted molar refractivity (Wildman–Crippen MR) is 53.7 cm³/mol. The van der Waals surface area contributed by atoms with Crippen LogP contribution in [0, 0.1) is 0 Å². The summed E-state index contributed by atoms with van der Waals surface area (Å²) in [6.45, 7) is 1.30. The highest BCUT2D eigenvalue weighted by atomic mass is 16.3. The molecular weight excluding hydrogens is 208 g/mol. The Morgan fingerprint density at radius 1 is 1.38 bits per heavy atom. The van der Waals surface area contributed by atoms with Gasteiger partial charge in [0.1, 0.15) is 12.3 Å². The van der Waals surface area contributed by atoms with E-state index < -0.39 is 0 Å². The van der Waals surface area contributed by atoms with Gasteiger partial charge in [-0.25, -0.2) is 0 Å². The molecule has 1 fully saturated rings. The van der Waals surface area contributed by atoms with E-state index in [1.807, 2.05) is 0 Å². The maximum absolute atomic E-state index is 11.8. The van der Waals surface area contributed by atoms with Gasteiger partial charge in [-0.3, -0.25) is 4.79 Å². The Labute approximate surface area is 91.5 Å². The molecule has 16 heavy (non-hydrogen) atoms. The summed E-state index contributed by atoms with van der Waals surface area (Å²) in [7, 11) is 0. The van der Waals surface area contributed by atoms with Crippen molar-refractivity contribution in [3.8, 4) is 0 Å². The fourth-order valence-corrected chi connectivity index (χ4v) is 1.75. The first kappa shape index (κ1) is 9.14. The largest absolute Gasteiger partial charge is 0.472 e. The van der Waals surface area contributed by atoms with Crippen LogP contribution in [-0.4, -0.2) is 38.9 Å². The van der Waals surface area contributed by atoms with Crippen molar-refractivity contribution < 1.29 is 9.21 Å². The molecule has 1 saturated heterocycles. The van der Waals surface area contributed by atoms with Gasteiger partial charge in [-0.1, -0.05) is 0 Å². The van der Waals surface area contributed by atoms with Crippen LogP contribution in [-0.2, 0) is 0 Å². The molecule has 1 aliphatic rings. The molecule has 0 atom stereocenters. The quantitative estimate of drug-likeness (QED) is 0.739. The summed E-state index contributed by atoms with van der Waals surface area (Å²) in [6, 6.07) is 1.87. The van der Waals surface area contributed by atoms with Crippen molar-refractivity contribution in [3.05, 3.63) is 36.5 Å². The Kier molecular flexibility index (Phi) is 1.99. The molecule has 0 saturated carbocycles. The van der Waals surface area contributed by atoms with Gasteiger partial charge in [-0.2, -0.15) is 15.0 Å². The molecule has 0 spiro atoms. The zero-order valence-electron chi connectivity index (χ0n) is 8.48. The number of amides is 1. The van der Waals surface area contributed by atoms with E-state index in [1.54, 1.807) is 28.2 Å². The summed E-state index contributed by atoms with van der Waals surface area (Å²) in [6.07, 6.45) is 6.24. The average Bonchev–Trinajstić information content (AvgIpc) is 2.88. The van der Waals surface area contributed by atoms with Gasteiger partial charge in [0.05, 0.1) is 24.2 Å². The van der Waals surface area contributed by atoms with Gasteiger partial charge in [-0.15, -0.1) is 0 Å². The molecule has 6 heteroatoms. The summed E-state index contributed by atoms with van der Waals surface area (Å²) in [5.74, 6) is -0.00263. The van der Waals surface area contributed by atoms with Crippen molar-refractivity contribution in [2.45, 2.75) is 6.04 Å². The fourth-order valence-electron chi connectivity index (χ4n) is 1.75. The Balaban J connectivity index is 1.64. The predicted octanol–water partition coefficient (Wildman–Crippen LogP) is 0.568. The monoisotopic (exact) mass is 218 g/mol. The van der Waals surface area contributed by atoms with Crippen LogP contribution in [0.15, 0.2) is 35.4 Å². The number of nitrogens with zero attached hydrogens (tertiary/aromatic N) is 4. The lowest BCUT2D eigenvalue weighted by Gasteiger charge is -2.37. The molecule has 82 valence electrons. The lowest BCUT2D eigenvalue weighted by atomic mass is 10.1. The second-order valence-corrected chi connectivity index (χ2v) is 3.73. The average molecular weight is 218 g/mol. The molecule has 3 rings (SSSR count). The molecule has 3 heterocycles. The van der Waals surface area contributed by atoms with Gasteiger partial charge in [-0.05, 0) is 6.07 Å². The summed E-state index contributed by atoms with van der Waals surface area (Å²) >= 11 is 0. The van der Waals surface area contributed by atoms with Gasteiger partial charge in [0.25, 0.3) is 5.91 Å². The highest BCUT2D eigenvalue weighted by molar-refractivity contribution is 5.94. The van der Waals surface area contributed by atoms with Gasteiger partial charge >= 0.3 is 0 Å². The number of likely N-dealkylation sites (tertiary alicyclic amines) is 1. The standard InChI is InChI=1S/C10H10N4O2/c15-10(8-1-4-16-7-8)13-5-9(6-13)14-11-2-3-12-14/h1-4,7,9H,5-6H2. The molecule has 0 aliphatic carbocycles. The molecule has 2 aromatic heterocycles. The number of carbonyl (C=O) groups excluding carboxylic acids is 1. The fraction of sp³-hybridized carbons (Fsp3) is 0.300. The third kappa shape index (κ3) is 1.39. The molecule has 0 N–H and O–H groups in total. The first-order chi connectivity index (χ1) is 7.84. The lowest BCUT2D eigenvalue weighted by Crippen LogP contribution is -2.51. The number of furan rings is 1. The maximum Gasteiger partial charge on any atom is 0.257 e. The van der Waals surface area contributed by atoms with E-state index in [0.29, 0.717) is 18.7 Å². The highest BCUT2D eigenvalue weighted by Crippen LogP contribution is 2.21. The van der Waals surface area contributed by atoms with Crippen LogP contribution in [0.2, 0.25) is 0 Å². The van der Waals surface area contributed by atoms with Crippen LogP contribution in [0.5, 0.6) is 0 Å². The minimum absolute atomic E-state index is 0.00263. The van der Waals surface area contributed by atoms with E-state index in [-0.39, 0.29) is 11.9 Å². The molecule has 0 unspecified atom stereocenters. The van der Waals surface area contributed by atoms with Crippen molar-refractivity contribution in [2.24, 2.45) is 0 Å². The zero-order valence-corrected chi connectivity index (χ0v) is 8.48. The van der Waals surface area contributed by atoms with E-state index in [9.17, 15) is 4.79 Å². The van der Waals surface area contributed by atoms with Crippen LogP contribution in [0.25, 0.3) is 0 Å². The smallest absolute Gasteiger partial charge is 0.257 e. The summed E-state index contributed by atoms with van der Waals surface area (Å²) < 4.78 is 4.88. The van der Waals surface area contributed by atoms with Crippen LogP contribution >= 0.6 is 0 Å². The number of hydrogen-bond donors (Lipinski definition) is 0. The van der Waals surface area contributed by atoms with Crippen molar-refractivity contribution in [2.75, 3.05) is 13.1 Å². The number of aromatic nitrogens is 3. The van der Waals surface area contributed by atoms with E-state index in [4.69, 9.17) is 4.42 Å². The molecule has 0 radical (unpaired) electrons. The highest BCUT2D eigenvalue weighted by Gasteiger charge is 2.33. The lowest BCUT2D eigenvalue weighted by molar-refractivity contribution is 0.0476. The van der Waals surface area contributed by atoms with Crippen LogP contribution in [0.4, 0.5) is 0 Å². The minimum atomic E-state index is -0.00263. The van der Waals surface area contributed by atoms with Gasteiger partial charge in [0.2, 0.25) is 0 Å². The number of rotatable bonds is 2. The minimum Gasteiger partial charge on any atom is -0.472 e. The summed E-state index contributed by atoms with van der Waals surface area (Å²) in [5.41, 5.74) is 0.590. The third-order valence-corrected chi connectivity index (χ3v) is 2.68. The SMILES string of the molecule is O=C(c1ccoc1)N1CC(n2nccn2)C1. The molecule has 1 amide bonds. The van der Waals surface area contributed by atoms with Crippen molar-refractivity contribution in [1.29, 1.82) is 0 Å². The number of hydrogen-bond acceptors (Lipinski definition) is 4. The normalized spacial score (nSPS) is 16.1. The molecule has 0 bridgehead atoms. The molecule has 0 aromatic carbocycles. The van der Waals surface area contributed by atoms with Gasteiger partial charge < -0.3 is 9.32 Å². The van der Waals surface area contributed by atoms with Crippen molar-refractivity contribution in [3.63, 3.8) is 0 Å². The Hall–Kier alpha value is -2.11. The van der Waals surface area contributed by atoms with E-state index >= 15 is 0 Å². The molecule has 6 nitrogen and oxygen atoms in total. The first-order valence-corrected chi connectivity index (χ1v) is 5.02. The van der Waals surface area contributed by atoms with Crippen LogP contribution < -0.4 is 0 Å². The maximum atomic E-state index is 11.8. The Morgan fingerprint density at radius 2 is 2.12 bits per heavy atom. The van der Waals surface area contributed by atoms with Crippen LogP contribution in [0.1, 0.15) is 16.4 Å². The van der Waals surface area contributed by atoms with Gasteiger partial charge in [0.15, 0.2) is 0 Å². The second-order valence-electron chi connectivity index (χ2n) is 3.73. The Bertz CT molecular complexity index is 471. The molecular formula is C10H10N4O2. The third-order valence-electron chi connectivity index (χ3n) is 2.68.